The van der Waals surface area contributed by atoms with E-state index in [1.165, 1.54) is 12.1 Å². The highest BCUT2D eigenvalue weighted by Gasteiger charge is 2.32. The number of carboxylic acids is 1. The SMILES string of the molecule is O=C(O)c1ccc(CNS(=O)(=O)C2CCS(=O)(=O)CC2)o1. The highest BCUT2D eigenvalue weighted by molar-refractivity contribution is 7.92. The normalized spacial score (nSPS) is 19.4. The third-order valence-corrected chi connectivity index (χ3v) is 6.87. The van der Waals surface area contributed by atoms with Crippen molar-refractivity contribution in [2.45, 2.75) is 24.6 Å². The first-order chi connectivity index (χ1) is 9.70. The van der Waals surface area contributed by atoms with Gasteiger partial charge in [0.1, 0.15) is 15.6 Å². The molecule has 21 heavy (non-hydrogen) atoms. The number of carbonyl (C=O) groups is 1. The van der Waals surface area contributed by atoms with Gasteiger partial charge in [0, 0.05) is 0 Å². The molecule has 1 aliphatic heterocycles. The molecule has 0 amide bonds. The molecular weight excluding hydrogens is 322 g/mol. The molecule has 0 unspecified atom stereocenters. The van der Waals surface area contributed by atoms with Crippen LogP contribution in [0.4, 0.5) is 0 Å². The van der Waals surface area contributed by atoms with Gasteiger partial charge in [0.05, 0.1) is 23.3 Å². The lowest BCUT2D eigenvalue weighted by atomic mass is 10.2. The molecule has 0 atom stereocenters. The Morgan fingerprint density at radius 1 is 1.33 bits per heavy atom. The van der Waals surface area contributed by atoms with Crippen molar-refractivity contribution in [2.24, 2.45) is 0 Å². The number of hydrogen-bond donors (Lipinski definition) is 2. The molecule has 0 bridgehead atoms. The summed E-state index contributed by atoms with van der Waals surface area (Å²) in [7, 11) is -6.79. The van der Waals surface area contributed by atoms with Crippen LogP contribution in [-0.4, -0.2) is 44.7 Å². The average Bonchev–Trinajstić information content (AvgIpc) is 2.85. The fraction of sp³-hybridized carbons (Fsp3) is 0.545. The predicted molar refractivity (Wildman–Crippen MR) is 73.1 cm³/mol. The average molecular weight is 337 g/mol. The molecule has 1 fully saturated rings. The first-order valence-electron chi connectivity index (χ1n) is 6.20. The summed E-state index contributed by atoms with van der Waals surface area (Å²) in [6.45, 7) is -0.168. The maximum absolute atomic E-state index is 12.0. The van der Waals surface area contributed by atoms with Crippen LogP contribution in [0, 0.1) is 0 Å². The first kappa shape index (κ1) is 16.0. The van der Waals surface area contributed by atoms with Crippen molar-refractivity contribution in [2.75, 3.05) is 11.5 Å². The molecule has 8 nitrogen and oxygen atoms in total. The number of carboxylic acid groups (broad SMARTS) is 1. The van der Waals surface area contributed by atoms with Gasteiger partial charge in [-0.15, -0.1) is 0 Å². The van der Waals surface area contributed by atoms with Crippen LogP contribution in [0.5, 0.6) is 0 Å². The molecular formula is C11H15NO7S2. The summed E-state index contributed by atoms with van der Waals surface area (Å²) in [6, 6.07) is 2.61. The molecule has 2 heterocycles. The van der Waals surface area contributed by atoms with Crippen molar-refractivity contribution in [3.05, 3.63) is 23.7 Å². The van der Waals surface area contributed by atoms with Crippen LogP contribution >= 0.6 is 0 Å². The lowest BCUT2D eigenvalue weighted by Crippen LogP contribution is -2.39. The Morgan fingerprint density at radius 2 is 1.95 bits per heavy atom. The van der Waals surface area contributed by atoms with E-state index in [0.717, 1.165) is 0 Å². The maximum Gasteiger partial charge on any atom is 0.371 e. The van der Waals surface area contributed by atoms with Crippen molar-refractivity contribution in [3.63, 3.8) is 0 Å². The topological polar surface area (TPSA) is 131 Å². The van der Waals surface area contributed by atoms with Gasteiger partial charge < -0.3 is 9.52 Å². The molecule has 1 saturated heterocycles. The first-order valence-corrected chi connectivity index (χ1v) is 9.57. The smallest absolute Gasteiger partial charge is 0.371 e. The van der Waals surface area contributed by atoms with E-state index < -0.39 is 31.1 Å². The molecule has 1 aliphatic rings. The zero-order chi connectivity index (χ0) is 15.7. The molecule has 1 aromatic rings. The zero-order valence-electron chi connectivity index (χ0n) is 11.0. The molecule has 2 rings (SSSR count). The number of aromatic carboxylic acids is 1. The van der Waals surface area contributed by atoms with Gasteiger partial charge in [-0.25, -0.2) is 26.4 Å². The van der Waals surface area contributed by atoms with E-state index >= 15 is 0 Å². The molecule has 0 radical (unpaired) electrons. The second-order valence-corrected chi connectivity index (χ2v) is 9.14. The predicted octanol–water partition coefficient (Wildman–Crippen LogP) is -0.0256. The van der Waals surface area contributed by atoms with Gasteiger partial charge in [0.15, 0.2) is 0 Å². The van der Waals surface area contributed by atoms with E-state index in [9.17, 15) is 21.6 Å². The van der Waals surface area contributed by atoms with Gasteiger partial charge in [-0.05, 0) is 25.0 Å². The Bertz CT molecular complexity index is 718. The van der Waals surface area contributed by atoms with Crippen molar-refractivity contribution < 1.29 is 31.2 Å². The van der Waals surface area contributed by atoms with E-state index in [-0.39, 0.29) is 42.4 Å². The molecule has 2 N–H and O–H groups in total. The van der Waals surface area contributed by atoms with Crippen molar-refractivity contribution in [1.82, 2.24) is 4.72 Å². The fourth-order valence-corrected chi connectivity index (χ4v) is 5.28. The van der Waals surface area contributed by atoms with Crippen molar-refractivity contribution in [1.29, 1.82) is 0 Å². The largest absolute Gasteiger partial charge is 0.475 e. The molecule has 0 aliphatic carbocycles. The highest BCUT2D eigenvalue weighted by Crippen LogP contribution is 2.19. The third kappa shape index (κ3) is 4.05. The second kappa shape index (κ2) is 5.78. The van der Waals surface area contributed by atoms with E-state index in [4.69, 9.17) is 9.52 Å². The van der Waals surface area contributed by atoms with Gasteiger partial charge in [0.25, 0.3) is 0 Å². The summed E-state index contributed by atoms with van der Waals surface area (Å²) in [5, 5.41) is 7.94. The van der Waals surface area contributed by atoms with Gasteiger partial charge in [-0.1, -0.05) is 0 Å². The lowest BCUT2D eigenvalue weighted by Gasteiger charge is -2.21. The van der Waals surface area contributed by atoms with Crippen LogP contribution in [0.2, 0.25) is 0 Å². The molecule has 118 valence electrons. The zero-order valence-corrected chi connectivity index (χ0v) is 12.6. The Morgan fingerprint density at radius 3 is 2.48 bits per heavy atom. The minimum atomic E-state index is -3.66. The molecule has 0 spiro atoms. The molecule has 0 aromatic carbocycles. The highest BCUT2D eigenvalue weighted by atomic mass is 32.2. The lowest BCUT2D eigenvalue weighted by molar-refractivity contribution is 0.0660. The Labute approximate surface area is 122 Å². The number of nitrogens with one attached hydrogen (secondary N) is 1. The van der Waals surface area contributed by atoms with E-state index in [1.807, 2.05) is 0 Å². The molecule has 10 heteroatoms. The monoisotopic (exact) mass is 337 g/mol. The number of rotatable bonds is 5. The van der Waals surface area contributed by atoms with Crippen LogP contribution in [0.3, 0.4) is 0 Å². The fourth-order valence-electron chi connectivity index (χ4n) is 2.06. The van der Waals surface area contributed by atoms with Crippen molar-refractivity contribution >= 4 is 25.8 Å². The van der Waals surface area contributed by atoms with Gasteiger partial charge in [0.2, 0.25) is 15.8 Å². The number of furan rings is 1. The van der Waals surface area contributed by atoms with Gasteiger partial charge >= 0.3 is 5.97 Å². The van der Waals surface area contributed by atoms with Crippen LogP contribution < -0.4 is 4.72 Å². The maximum atomic E-state index is 12.0. The van der Waals surface area contributed by atoms with E-state index in [1.54, 1.807) is 0 Å². The molecule has 0 saturated carbocycles. The van der Waals surface area contributed by atoms with E-state index in [2.05, 4.69) is 4.72 Å². The number of hydrogen-bond acceptors (Lipinski definition) is 6. The quantitative estimate of drug-likeness (QED) is 0.771. The third-order valence-electron chi connectivity index (χ3n) is 3.26. The molecule has 1 aromatic heterocycles. The summed E-state index contributed by atoms with van der Waals surface area (Å²) >= 11 is 0. The van der Waals surface area contributed by atoms with E-state index in [0.29, 0.717) is 0 Å². The minimum Gasteiger partial charge on any atom is -0.475 e. The Hall–Kier alpha value is -1.39. The standard InChI is InChI=1S/C11H15NO7S2/c13-11(14)10-2-1-8(19-10)7-12-21(17,18)9-3-5-20(15,16)6-4-9/h1-2,9,12H,3-7H2,(H,13,14). The second-order valence-electron chi connectivity index (χ2n) is 4.79. The van der Waals surface area contributed by atoms with Crippen LogP contribution in [0.15, 0.2) is 16.5 Å². The summed E-state index contributed by atoms with van der Waals surface area (Å²) in [5.74, 6) is -1.60. The van der Waals surface area contributed by atoms with Crippen LogP contribution in [0.25, 0.3) is 0 Å². The number of sulfonamides is 1. The Kier molecular flexibility index (Phi) is 4.40. The van der Waals surface area contributed by atoms with Crippen LogP contribution in [0.1, 0.15) is 29.2 Å². The number of sulfone groups is 1. The minimum absolute atomic E-state index is 0.0657. The summed E-state index contributed by atoms with van der Waals surface area (Å²) in [6.07, 6.45) is 0.131. The van der Waals surface area contributed by atoms with Crippen LogP contribution in [-0.2, 0) is 26.4 Å². The van der Waals surface area contributed by atoms with Gasteiger partial charge in [-0.3, -0.25) is 0 Å². The Balaban J connectivity index is 1.96. The van der Waals surface area contributed by atoms with Crippen molar-refractivity contribution in [3.8, 4) is 0 Å². The summed E-state index contributed by atoms with van der Waals surface area (Å²) in [5.41, 5.74) is 0. The summed E-state index contributed by atoms with van der Waals surface area (Å²) < 4.78 is 53.9. The summed E-state index contributed by atoms with van der Waals surface area (Å²) in [4.78, 5) is 10.6. The van der Waals surface area contributed by atoms with Gasteiger partial charge in [-0.2, -0.15) is 0 Å².